The van der Waals surface area contributed by atoms with E-state index in [1.54, 1.807) is 6.07 Å². The lowest BCUT2D eigenvalue weighted by Gasteiger charge is -2.32. The molecule has 0 aliphatic carbocycles. The Labute approximate surface area is 178 Å². The van der Waals surface area contributed by atoms with Crippen molar-refractivity contribution in [2.45, 2.75) is 50.5 Å². The van der Waals surface area contributed by atoms with E-state index in [9.17, 15) is 35.5 Å². The van der Waals surface area contributed by atoms with Gasteiger partial charge < -0.3 is 10.5 Å². The molecule has 1 unspecified atom stereocenters. The van der Waals surface area contributed by atoms with Gasteiger partial charge in [-0.15, -0.1) is 11.3 Å². The first kappa shape index (κ1) is 25.1. The summed E-state index contributed by atoms with van der Waals surface area (Å²) in [6.07, 6.45) is -11.6. The molecule has 0 saturated carbocycles. The zero-order valence-electron chi connectivity index (χ0n) is 16.4. The minimum atomic E-state index is -5.15. The summed E-state index contributed by atoms with van der Waals surface area (Å²) in [7, 11) is 0. The van der Waals surface area contributed by atoms with Gasteiger partial charge in [-0.1, -0.05) is 13.0 Å². The number of nitrogens with two attached hydrogens (primary N) is 1. The van der Waals surface area contributed by atoms with Gasteiger partial charge in [0.1, 0.15) is 17.1 Å². The molecule has 2 rings (SSSR count). The maximum Gasteiger partial charge on any atom is 0.411 e. The number of ketones is 1. The second-order valence-corrected chi connectivity index (χ2v) is 8.07. The Balaban J connectivity index is 2.22. The van der Waals surface area contributed by atoms with Crippen LogP contribution in [0.15, 0.2) is 30.3 Å². The number of carbonyl (C=O) groups is 1. The third-order valence-corrected chi connectivity index (χ3v) is 5.80. The van der Waals surface area contributed by atoms with Crippen LogP contribution in [0.5, 0.6) is 5.75 Å². The molecule has 2 aromatic rings. The second kappa shape index (κ2) is 9.56. The van der Waals surface area contributed by atoms with E-state index in [4.69, 9.17) is 10.5 Å². The molecule has 1 aromatic carbocycles. The predicted octanol–water partition coefficient (Wildman–Crippen LogP) is 6.16. The Kier molecular flexibility index (Phi) is 7.75. The van der Waals surface area contributed by atoms with E-state index in [0.717, 1.165) is 28.3 Å². The summed E-state index contributed by atoms with van der Waals surface area (Å²) in [5.74, 6) is -2.50. The fourth-order valence-electron chi connectivity index (χ4n) is 2.82. The van der Waals surface area contributed by atoms with Crippen molar-refractivity contribution in [2.24, 2.45) is 5.73 Å². The maximum atomic E-state index is 14.5. The van der Waals surface area contributed by atoms with E-state index in [1.165, 1.54) is 6.07 Å². The molecule has 2 N–H and O–H groups in total. The molecule has 3 nitrogen and oxygen atoms in total. The molecular weight excluding hydrogens is 451 g/mol. The number of ether oxygens (including phenoxy) is 1. The Morgan fingerprint density at radius 3 is 2.29 bits per heavy atom. The number of hydrogen-bond donors (Lipinski definition) is 1. The van der Waals surface area contributed by atoms with Crippen LogP contribution in [-0.4, -0.2) is 24.7 Å². The van der Waals surface area contributed by atoms with E-state index >= 15 is 0 Å². The summed E-state index contributed by atoms with van der Waals surface area (Å²) < 4.78 is 97.3. The van der Waals surface area contributed by atoms with E-state index in [2.05, 4.69) is 0 Å². The lowest BCUT2D eigenvalue weighted by molar-refractivity contribution is -0.189. The van der Waals surface area contributed by atoms with Crippen molar-refractivity contribution in [1.82, 2.24) is 0 Å². The zero-order valence-corrected chi connectivity index (χ0v) is 17.2. The predicted molar refractivity (Wildman–Crippen MR) is 102 cm³/mol. The molecule has 1 heterocycles. The van der Waals surface area contributed by atoms with Gasteiger partial charge in [0.2, 0.25) is 0 Å². The highest BCUT2D eigenvalue weighted by atomic mass is 32.1. The number of aryl methyl sites for hydroxylation is 1. The number of Topliss-reactive ketones (excluding diaryl/α,β-unsaturated/α-hetero) is 1. The lowest BCUT2D eigenvalue weighted by Crippen LogP contribution is -2.52. The summed E-state index contributed by atoms with van der Waals surface area (Å²) in [5, 5.41) is 0. The SMILES string of the molecule is CCc1ccc(C(=O)CC(N)(c2ccc(OCCCC(F)(F)F)cc2F)C(F)(F)F)s1. The number of hydrogen-bond acceptors (Lipinski definition) is 4. The highest BCUT2D eigenvalue weighted by Gasteiger charge is 2.55. The fraction of sp³-hybridized carbons (Fsp3) is 0.450. The van der Waals surface area contributed by atoms with Gasteiger partial charge in [0.25, 0.3) is 0 Å². The number of carbonyl (C=O) groups excluding carboxylic acids is 1. The number of alkyl halides is 6. The topological polar surface area (TPSA) is 52.3 Å². The van der Waals surface area contributed by atoms with Gasteiger partial charge in [0.05, 0.1) is 11.5 Å². The Morgan fingerprint density at radius 2 is 1.77 bits per heavy atom. The Bertz CT molecular complexity index is 908. The third kappa shape index (κ3) is 6.42. The highest BCUT2D eigenvalue weighted by Crippen LogP contribution is 2.42. The summed E-state index contributed by atoms with van der Waals surface area (Å²) in [4.78, 5) is 13.3. The smallest absolute Gasteiger partial charge is 0.411 e. The van der Waals surface area contributed by atoms with Crippen molar-refractivity contribution >= 4 is 17.1 Å². The molecule has 31 heavy (non-hydrogen) atoms. The first-order chi connectivity index (χ1) is 14.3. The highest BCUT2D eigenvalue weighted by molar-refractivity contribution is 7.14. The lowest BCUT2D eigenvalue weighted by atomic mass is 9.84. The van der Waals surface area contributed by atoms with Crippen LogP contribution in [0.1, 0.15) is 46.3 Å². The van der Waals surface area contributed by atoms with Crippen LogP contribution in [0.25, 0.3) is 0 Å². The van der Waals surface area contributed by atoms with Gasteiger partial charge in [-0.25, -0.2) is 4.39 Å². The average molecular weight is 471 g/mol. The molecule has 0 saturated heterocycles. The zero-order chi connectivity index (χ0) is 23.4. The van der Waals surface area contributed by atoms with Crippen molar-refractivity contribution < 1.29 is 40.3 Å². The van der Waals surface area contributed by atoms with Gasteiger partial charge in [-0.05, 0) is 31.0 Å². The van der Waals surface area contributed by atoms with Gasteiger partial charge in [-0.3, -0.25) is 4.79 Å². The summed E-state index contributed by atoms with van der Waals surface area (Å²) in [6, 6.07) is 5.35. The third-order valence-electron chi connectivity index (χ3n) is 4.52. The van der Waals surface area contributed by atoms with Crippen molar-refractivity contribution in [3.63, 3.8) is 0 Å². The van der Waals surface area contributed by atoms with Gasteiger partial charge in [0, 0.05) is 29.3 Å². The van der Waals surface area contributed by atoms with Crippen LogP contribution in [-0.2, 0) is 12.0 Å². The van der Waals surface area contributed by atoms with Crippen LogP contribution in [0.4, 0.5) is 30.7 Å². The molecule has 172 valence electrons. The van der Waals surface area contributed by atoms with Crippen molar-refractivity contribution in [3.05, 3.63) is 51.5 Å². The average Bonchev–Trinajstić information content (AvgIpc) is 3.13. The van der Waals surface area contributed by atoms with Crippen LogP contribution in [0.2, 0.25) is 0 Å². The van der Waals surface area contributed by atoms with Crippen molar-refractivity contribution in [2.75, 3.05) is 6.61 Å². The molecule has 0 fully saturated rings. The van der Waals surface area contributed by atoms with E-state index in [-0.39, 0.29) is 10.6 Å². The van der Waals surface area contributed by atoms with Crippen LogP contribution in [0.3, 0.4) is 0 Å². The molecule has 11 heteroatoms. The Hall–Kier alpha value is -2.14. The van der Waals surface area contributed by atoms with Gasteiger partial charge >= 0.3 is 12.4 Å². The fourth-order valence-corrected chi connectivity index (χ4v) is 3.70. The second-order valence-electron chi connectivity index (χ2n) is 6.90. The number of benzene rings is 1. The van der Waals surface area contributed by atoms with Crippen molar-refractivity contribution in [3.8, 4) is 5.75 Å². The van der Waals surface area contributed by atoms with Crippen LogP contribution in [0, 0.1) is 5.82 Å². The van der Waals surface area contributed by atoms with Crippen molar-refractivity contribution in [1.29, 1.82) is 0 Å². The van der Waals surface area contributed by atoms with E-state index < -0.39 is 60.9 Å². The molecule has 1 aromatic heterocycles. The number of halogens is 7. The standard InChI is InChI=1S/C20H20F7NO2S/c1-2-13-5-7-17(31-13)16(29)11-18(28,20(25,26)27)14-6-4-12(10-15(14)21)30-9-3-8-19(22,23)24/h4-7,10H,2-3,8-9,11,28H2,1H3. The molecule has 0 radical (unpaired) electrons. The molecular formula is C20H20F7NO2S. The first-order valence-corrected chi connectivity index (χ1v) is 10.1. The molecule has 0 spiro atoms. The van der Waals surface area contributed by atoms with Gasteiger partial charge in [0.15, 0.2) is 5.78 Å². The van der Waals surface area contributed by atoms with Crippen LogP contribution >= 0.6 is 11.3 Å². The summed E-state index contributed by atoms with van der Waals surface area (Å²) in [5.41, 5.74) is 1.30. The van der Waals surface area contributed by atoms with E-state index in [1.807, 2.05) is 6.92 Å². The summed E-state index contributed by atoms with van der Waals surface area (Å²) in [6.45, 7) is 1.42. The molecule has 0 aliphatic rings. The minimum Gasteiger partial charge on any atom is -0.493 e. The van der Waals surface area contributed by atoms with Gasteiger partial charge in [-0.2, -0.15) is 26.3 Å². The van der Waals surface area contributed by atoms with E-state index in [0.29, 0.717) is 12.5 Å². The molecule has 1 atom stereocenters. The monoisotopic (exact) mass is 471 g/mol. The minimum absolute atomic E-state index is 0.0842. The quantitative estimate of drug-likeness (QED) is 0.271. The van der Waals surface area contributed by atoms with Crippen LogP contribution < -0.4 is 10.5 Å². The Morgan fingerprint density at radius 1 is 1.10 bits per heavy atom. The molecule has 0 amide bonds. The first-order valence-electron chi connectivity index (χ1n) is 9.24. The maximum absolute atomic E-state index is 14.5. The number of thiophene rings is 1. The molecule has 0 aliphatic heterocycles. The summed E-state index contributed by atoms with van der Waals surface area (Å²) >= 11 is 1.04. The number of rotatable bonds is 9. The normalized spacial score (nSPS) is 14.4. The molecule has 0 bridgehead atoms. The largest absolute Gasteiger partial charge is 0.493 e.